The predicted molar refractivity (Wildman–Crippen MR) is 23.5 cm³/mol. The molecule has 0 aromatic heterocycles. The van der Waals surface area contributed by atoms with Crippen LogP contribution in [0.2, 0.25) is 0 Å². The normalized spacial score (nSPS) is 6.12. The van der Waals surface area contributed by atoms with Gasteiger partial charge < -0.3 is 15.4 Å². The number of hydrogen-bond acceptors (Lipinski definition) is 2. The van der Waals surface area contributed by atoms with Gasteiger partial charge in [-0.15, -0.1) is 0 Å². The molecule has 0 unspecified atom stereocenters. The van der Waals surface area contributed by atoms with Gasteiger partial charge in [0.25, 0.3) is 0 Å². The number of aliphatic carboxylic acids is 1. The molecule has 3 nitrogen and oxygen atoms in total. The smallest absolute Gasteiger partial charge is 0.550 e. The molecule has 0 aromatic rings. The van der Waals surface area contributed by atoms with Gasteiger partial charge in [0.2, 0.25) is 0 Å². The van der Waals surface area contributed by atoms with Crippen LogP contribution in [0.1, 0.15) is 19.8 Å². The number of carbonyl (C=O) groups excluding carboxylic acids is 1. The second-order valence-electron chi connectivity index (χ2n) is 1.12. The number of carbonyl (C=O) groups is 1. The van der Waals surface area contributed by atoms with E-state index in [9.17, 15) is 9.90 Å². The first kappa shape index (κ1) is 15.7. The van der Waals surface area contributed by atoms with Crippen LogP contribution < -0.4 is 5.11 Å². The summed E-state index contributed by atoms with van der Waals surface area (Å²) in [4.78, 5) is 9.49. The Balaban J connectivity index is -0.000000125. The van der Waals surface area contributed by atoms with E-state index in [1.54, 1.807) is 6.92 Å². The van der Waals surface area contributed by atoms with Crippen molar-refractivity contribution in [3.8, 4) is 0 Å². The van der Waals surface area contributed by atoms with E-state index in [2.05, 4.69) is 0 Å². The van der Waals surface area contributed by atoms with Crippen LogP contribution in [0.15, 0.2) is 0 Å². The number of carboxylic acid groups (broad SMARTS) is 1. The number of rotatable bonds is 2. The molecule has 0 saturated heterocycles. The van der Waals surface area contributed by atoms with E-state index in [1.807, 2.05) is 0 Å². The summed E-state index contributed by atoms with van der Waals surface area (Å²) in [6, 6.07) is 0. The minimum atomic E-state index is -0.961. The molecule has 0 aliphatic heterocycles. The van der Waals surface area contributed by atoms with Crippen molar-refractivity contribution in [3.63, 3.8) is 0 Å². The van der Waals surface area contributed by atoms with E-state index in [0.29, 0.717) is 6.42 Å². The van der Waals surface area contributed by atoms with Crippen molar-refractivity contribution in [1.29, 1.82) is 0 Å². The van der Waals surface area contributed by atoms with Gasteiger partial charge >= 0.3 is 17.1 Å². The van der Waals surface area contributed by atoms with E-state index in [-0.39, 0.29) is 29.0 Å². The van der Waals surface area contributed by atoms with Gasteiger partial charge in [-0.25, -0.2) is 0 Å². The quantitative estimate of drug-likeness (QED) is 0.471. The van der Waals surface area contributed by atoms with Gasteiger partial charge in [-0.2, -0.15) is 0 Å². The average molecular weight is 160 g/mol. The summed E-state index contributed by atoms with van der Waals surface area (Å²) in [5, 5.41) is 9.49. The fourth-order valence-corrected chi connectivity index (χ4v) is 0.204. The van der Waals surface area contributed by atoms with E-state index in [1.165, 1.54) is 0 Å². The largest absolute Gasteiger partial charge is 2.00 e. The first-order chi connectivity index (χ1) is 2.77. The fourth-order valence-electron chi connectivity index (χ4n) is 0.204. The van der Waals surface area contributed by atoms with Gasteiger partial charge in [-0.1, -0.05) is 13.3 Å². The van der Waals surface area contributed by atoms with E-state index in [4.69, 9.17) is 0 Å². The molecule has 0 aliphatic rings. The molecule has 0 amide bonds. The Bertz CT molecular complexity index is 55.2. The molecule has 49 valence electrons. The van der Waals surface area contributed by atoms with Gasteiger partial charge in [0.05, 0.1) is 0 Å². The second-order valence-corrected chi connectivity index (χ2v) is 1.12. The van der Waals surface area contributed by atoms with Gasteiger partial charge in [0.1, 0.15) is 0 Å². The summed E-state index contributed by atoms with van der Waals surface area (Å²) in [6.45, 7) is 1.80. The van der Waals surface area contributed by atoms with Crippen LogP contribution in [0.25, 0.3) is 0 Å². The zero-order valence-electron chi connectivity index (χ0n) is 4.61. The van der Waals surface area contributed by atoms with Crippen LogP contribution in [0.3, 0.4) is 0 Å². The van der Waals surface area contributed by atoms with Crippen molar-refractivity contribution < 1.29 is 32.4 Å². The molecular formula is C4H9MnO3+. The Morgan fingerprint density at radius 1 is 1.62 bits per heavy atom. The summed E-state index contributed by atoms with van der Waals surface area (Å²) >= 11 is 0. The molecule has 2 N–H and O–H groups in total. The van der Waals surface area contributed by atoms with Crippen LogP contribution >= 0.6 is 0 Å². The standard InChI is InChI=1S/C4H8O2.Mn.H2O/c1-2-3-4(5)6;;/h2-3H2,1H3,(H,5,6);;1H2/q;+2;/p-1. The molecule has 0 fully saturated rings. The summed E-state index contributed by atoms with van der Waals surface area (Å²) in [5.74, 6) is -0.961. The molecule has 0 aromatic carbocycles. The molecule has 8 heavy (non-hydrogen) atoms. The van der Waals surface area contributed by atoms with Gasteiger partial charge in [-0.3, -0.25) is 0 Å². The van der Waals surface area contributed by atoms with E-state index < -0.39 is 5.97 Å². The van der Waals surface area contributed by atoms with E-state index >= 15 is 0 Å². The van der Waals surface area contributed by atoms with Crippen LogP contribution in [0.5, 0.6) is 0 Å². The van der Waals surface area contributed by atoms with Crippen LogP contribution in [0.4, 0.5) is 0 Å². The predicted octanol–water partition coefficient (Wildman–Crippen LogP) is -1.29. The Labute approximate surface area is 58.9 Å². The Morgan fingerprint density at radius 2 is 2.00 bits per heavy atom. The molecule has 0 rings (SSSR count). The molecule has 0 heterocycles. The molecule has 0 saturated carbocycles. The minimum Gasteiger partial charge on any atom is -0.550 e. The molecule has 4 heteroatoms. The summed E-state index contributed by atoms with van der Waals surface area (Å²) in [5.41, 5.74) is 0. The molecular weight excluding hydrogens is 151 g/mol. The SMILES string of the molecule is CCCC(=O)[O-].O.[Mn+2]. The average Bonchev–Trinajstić information content (AvgIpc) is 1.35. The molecule has 0 aliphatic carbocycles. The van der Waals surface area contributed by atoms with Gasteiger partial charge in [-0.05, 0) is 6.42 Å². The Hall–Kier alpha value is -0.0505. The minimum absolute atomic E-state index is 0. The second kappa shape index (κ2) is 10.0. The fraction of sp³-hybridized carbons (Fsp3) is 0.750. The van der Waals surface area contributed by atoms with Crippen LogP contribution in [-0.2, 0) is 21.9 Å². The summed E-state index contributed by atoms with van der Waals surface area (Å²) in [7, 11) is 0. The number of hydrogen-bond donors (Lipinski definition) is 0. The van der Waals surface area contributed by atoms with Crippen molar-refractivity contribution in [1.82, 2.24) is 0 Å². The molecule has 0 spiro atoms. The van der Waals surface area contributed by atoms with Crippen molar-refractivity contribution in [2.24, 2.45) is 0 Å². The Kier molecular flexibility index (Phi) is 19.7. The maximum absolute atomic E-state index is 9.49. The summed E-state index contributed by atoms with van der Waals surface area (Å²) in [6.07, 6.45) is 0.850. The molecule has 1 radical (unpaired) electrons. The third-order valence-corrected chi connectivity index (χ3v) is 0.454. The maximum atomic E-state index is 9.49. The van der Waals surface area contributed by atoms with Crippen molar-refractivity contribution >= 4 is 5.97 Å². The first-order valence-electron chi connectivity index (χ1n) is 1.97. The van der Waals surface area contributed by atoms with Crippen LogP contribution in [-0.4, -0.2) is 11.4 Å². The third kappa shape index (κ3) is 16.8. The van der Waals surface area contributed by atoms with Crippen molar-refractivity contribution in [2.45, 2.75) is 19.8 Å². The van der Waals surface area contributed by atoms with E-state index in [0.717, 1.165) is 0 Å². The van der Waals surface area contributed by atoms with Crippen molar-refractivity contribution in [3.05, 3.63) is 0 Å². The van der Waals surface area contributed by atoms with Gasteiger partial charge in [0, 0.05) is 5.97 Å². The summed E-state index contributed by atoms with van der Waals surface area (Å²) < 4.78 is 0. The van der Waals surface area contributed by atoms with Crippen molar-refractivity contribution in [2.75, 3.05) is 0 Å². The van der Waals surface area contributed by atoms with Gasteiger partial charge in [0.15, 0.2) is 0 Å². The molecule has 0 atom stereocenters. The molecule has 0 bridgehead atoms. The zero-order chi connectivity index (χ0) is 4.99. The third-order valence-electron chi connectivity index (χ3n) is 0.454. The topological polar surface area (TPSA) is 71.6 Å². The maximum Gasteiger partial charge on any atom is 2.00 e. The first-order valence-corrected chi connectivity index (χ1v) is 1.97. The van der Waals surface area contributed by atoms with Crippen LogP contribution in [0, 0.1) is 0 Å². The monoisotopic (exact) mass is 160 g/mol. The zero-order valence-corrected chi connectivity index (χ0v) is 5.79. The Morgan fingerprint density at radius 3 is 2.00 bits per heavy atom. The number of carboxylic acids is 1.